The van der Waals surface area contributed by atoms with Crippen molar-refractivity contribution in [1.82, 2.24) is 20.1 Å². The van der Waals surface area contributed by atoms with Crippen LogP contribution in [0.25, 0.3) is 0 Å². The Hall–Kier alpha value is -2.18. The van der Waals surface area contributed by atoms with E-state index in [1.807, 2.05) is 0 Å². The number of rotatable bonds is 3. The minimum Gasteiger partial charge on any atom is -0.382 e. The number of nitrogens with one attached hydrogen (secondary N) is 1. The van der Waals surface area contributed by atoms with Gasteiger partial charge in [0.05, 0.1) is 18.9 Å². The predicted molar refractivity (Wildman–Crippen MR) is 52.8 cm³/mol. The highest BCUT2D eigenvalue weighted by Crippen LogP contribution is 2.04. The molecule has 0 aromatic carbocycles. The Morgan fingerprint density at radius 3 is 2.87 bits per heavy atom. The normalized spacial score (nSPS) is 10.2. The maximum atomic E-state index is 5.40. The van der Waals surface area contributed by atoms with Gasteiger partial charge in [-0.3, -0.25) is 0 Å². The fraction of sp³-hybridized carbons (Fsp3) is 0.250. The zero-order valence-electron chi connectivity index (χ0n) is 8.14. The van der Waals surface area contributed by atoms with Crippen molar-refractivity contribution in [2.45, 2.75) is 13.5 Å². The van der Waals surface area contributed by atoms with Crippen LogP contribution < -0.4 is 11.1 Å². The lowest BCUT2D eigenvalue weighted by molar-refractivity contribution is 0.379. The van der Waals surface area contributed by atoms with Gasteiger partial charge in [0, 0.05) is 0 Å². The van der Waals surface area contributed by atoms with Crippen LogP contribution in [0.2, 0.25) is 0 Å². The minimum atomic E-state index is 0.384. The lowest BCUT2D eigenvalue weighted by atomic mass is 10.5. The van der Waals surface area contributed by atoms with Gasteiger partial charge < -0.3 is 15.6 Å². The standard InChI is InChI=1S/C8H10N6O/c1-5-13-8(15-14-5)4-12-7-3-10-6(9)2-11-7/h2-3H,4H2,1H3,(H2,9,10)(H,11,12). The second kappa shape index (κ2) is 3.91. The molecule has 0 saturated heterocycles. The number of hydrogen-bond donors (Lipinski definition) is 2. The highest BCUT2D eigenvalue weighted by Gasteiger charge is 2.02. The second-order valence-corrected chi connectivity index (χ2v) is 2.92. The smallest absolute Gasteiger partial charge is 0.245 e. The Morgan fingerprint density at radius 2 is 2.27 bits per heavy atom. The zero-order chi connectivity index (χ0) is 10.7. The summed E-state index contributed by atoms with van der Waals surface area (Å²) < 4.78 is 4.91. The number of aromatic nitrogens is 4. The molecule has 15 heavy (non-hydrogen) atoms. The van der Waals surface area contributed by atoms with Gasteiger partial charge in [0.15, 0.2) is 5.82 Å². The summed E-state index contributed by atoms with van der Waals surface area (Å²) in [5.74, 6) is 2.11. The molecule has 0 aliphatic carbocycles. The monoisotopic (exact) mass is 206 g/mol. The molecular weight excluding hydrogens is 196 g/mol. The Kier molecular flexibility index (Phi) is 2.44. The van der Waals surface area contributed by atoms with Crippen LogP contribution in [0.15, 0.2) is 16.9 Å². The van der Waals surface area contributed by atoms with Crippen LogP contribution in [0.3, 0.4) is 0 Å². The van der Waals surface area contributed by atoms with Gasteiger partial charge in [-0.05, 0) is 6.92 Å². The Balaban J connectivity index is 1.96. The summed E-state index contributed by atoms with van der Waals surface area (Å²) >= 11 is 0. The lowest BCUT2D eigenvalue weighted by Crippen LogP contribution is -2.03. The van der Waals surface area contributed by atoms with Crippen LogP contribution in [-0.4, -0.2) is 20.1 Å². The first-order valence-corrected chi connectivity index (χ1v) is 4.34. The van der Waals surface area contributed by atoms with Crippen molar-refractivity contribution < 1.29 is 4.52 Å². The quantitative estimate of drug-likeness (QED) is 0.747. The molecule has 78 valence electrons. The van der Waals surface area contributed by atoms with Crippen LogP contribution in [0.5, 0.6) is 0 Å². The van der Waals surface area contributed by atoms with Gasteiger partial charge in [0.1, 0.15) is 11.6 Å². The first kappa shape index (κ1) is 9.38. The SMILES string of the molecule is Cc1noc(CNc2cnc(N)cn2)n1. The van der Waals surface area contributed by atoms with Crippen LogP contribution >= 0.6 is 0 Å². The number of nitrogens with two attached hydrogens (primary N) is 1. The third kappa shape index (κ3) is 2.39. The first-order valence-electron chi connectivity index (χ1n) is 4.34. The fourth-order valence-electron chi connectivity index (χ4n) is 1.01. The van der Waals surface area contributed by atoms with Crippen molar-refractivity contribution in [3.8, 4) is 0 Å². The number of aryl methyl sites for hydroxylation is 1. The Morgan fingerprint density at radius 1 is 1.40 bits per heavy atom. The summed E-state index contributed by atoms with van der Waals surface area (Å²) in [6, 6.07) is 0. The maximum Gasteiger partial charge on any atom is 0.245 e. The van der Waals surface area contributed by atoms with Crippen LogP contribution in [0, 0.1) is 6.92 Å². The molecule has 0 unspecified atom stereocenters. The van der Waals surface area contributed by atoms with Crippen LogP contribution in [-0.2, 0) is 6.54 Å². The number of hydrogen-bond acceptors (Lipinski definition) is 7. The first-order chi connectivity index (χ1) is 7.24. The van der Waals surface area contributed by atoms with Crippen molar-refractivity contribution in [1.29, 1.82) is 0 Å². The molecule has 2 heterocycles. The molecule has 2 aromatic rings. The Labute approximate surface area is 85.7 Å². The Bertz CT molecular complexity index is 437. The van der Waals surface area contributed by atoms with Crippen LogP contribution in [0.4, 0.5) is 11.6 Å². The van der Waals surface area contributed by atoms with Crippen molar-refractivity contribution in [3.05, 3.63) is 24.1 Å². The van der Waals surface area contributed by atoms with Gasteiger partial charge in [0.25, 0.3) is 0 Å². The fourth-order valence-corrected chi connectivity index (χ4v) is 1.01. The van der Waals surface area contributed by atoms with E-state index >= 15 is 0 Å². The molecule has 0 aliphatic heterocycles. The van der Waals surface area contributed by atoms with E-state index in [0.29, 0.717) is 29.9 Å². The summed E-state index contributed by atoms with van der Waals surface area (Å²) in [7, 11) is 0. The van der Waals surface area contributed by atoms with E-state index in [1.54, 1.807) is 13.1 Å². The van der Waals surface area contributed by atoms with Crippen LogP contribution in [0.1, 0.15) is 11.7 Å². The largest absolute Gasteiger partial charge is 0.382 e. The average molecular weight is 206 g/mol. The molecule has 0 atom stereocenters. The highest BCUT2D eigenvalue weighted by atomic mass is 16.5. The highest BCUT2D eigenvalue weighted by molar-refractivity contribution is 5.35. The molecule has 0 aliphatic rings. The van der Waals surface area contributed by atoms with E-state index in [0.717, 1.165) is 0 Å². The summed E-state index contributed by atoms with van der Waals surface area (Å²) in [6.07, 6.45) is 3.01. The molecular formula is C8H10N6O. The molecule has 2 aromatic heterocycles. The number of nitrogen functional groups attached to an aromatic ring is 1. The summed E-state index contributed by atoms with van der Waals surface area (Å²) in [5.41, 5.74) is 5.40. The summed E-state index contributed by atoms with van der Waals surface area (Å²) in [4.78, 5) is 11.9. The summed E-state index contributed by atoms with van der Waals surface area (Å²) in [6.45, 7) is 2.18. The van der Waals surface area contributed by atoms with E-state index in [9.17, 15) is 0 Å². The minimum absolute atomic E-state index is 0.384. The van der Waals surface area contributed by atoms with E-state index in [-0.39, 0.29) is 0 Å². The van der Waals surface area contributed by atoms with Gasteiger partial charge in [-0.15, -0.1) is 0 Å². The third-order valence-electron chi connectivity index (χ3n) is 1.66. The second-order valence-electron chi connectivity index (χ2n) is 2.92. The molecule has 0 bridgehead atoms. The zero-order valence-corrected chi connectivity index (χ0v) is 8.14. The topological polar surface area (TPSA) is 103 Å². The molecule has 0 amide bonds. The molecule has 0 spiro atoms. The average Bonchev–Trinajstić information content (AvgIpc) is 2.64. The van der Waals surface area contributed by atoms with Gasteiger partial charge in [-0.25, -0.2) is 9.97 Å². The molecule has 0 saturated carbocycles. The van der Waals surface area contributed by atoms with Gasteiger partial charge in [-0.1, -0.05) is 5.16 Å². The predicted octanol–water partition coefficient (Wildman–Crippen LogP) is 0.362. The van der Waals surface area contributed by atoms with Crippen molar-refractivity contribution >= 4 is 11.6 Å². The van der Waals surface area contributed by atoms with E-state index in [4.69, 9.17) is 10.3 Å². The third-order valence-corrected chi connectivity index (χ3v) is 1.66. The maximum absolute atomic E-state index is 5.40. The van der Waals surface area contributed by atoms with E-state index < -0.39 is 0 Å². The molecule has 2 rings (SSSR count). The molecule has 7 heteroatoms. The van der Waals surface area contributed by atoms with Gasteiger partial charge >= 0.3 is 0 Å². The van der Waals surface area contributed by atoms with E-state index in [2.05, 4.69) is 25.4 Å². The van der Waals surface area contributed by atoms with Crippen molar-refractivity contribution in [2.75, 3.05) is 11.1 Å². The molecule has 0 radical (unpaired) electrons. The molecule has 0 fully saturated rings. The van der Waals surface area contributed by atoms with E-state index in [1.165, 1.54) is 6.20 Å². The molecule has 7 nitrogen and oxygen atoms in total. The number of anilines is 2. The van der Waals surface area contributed by atoms with Gasteiger partial charge in [-0.2, -0.15) is 4.98 Å². The van der Waals surface area contributed by atoms with Gasteiger partial charge in [0.2, 0.25) is 5.89 Å². The lowest BCUT2D eigenvalue weighted by Gasteiger charge is -2.00. The van der Waals surface area contributed by atoms with Crippen molar-refractivity contribution in [3.63, 3.8) is 0 Å². The number of nitrogens with zero attached hydrogens (tertiary/aromatic N) is 4. The van der Waals surface area contributed by atoms with Crippen molar-refractivity contribution in [2.24, 2.45) is 0 Å². The molecule has 3 N–H and O–H groups in total. The summed E-state index contributed by atoms with van der Waals surface area (Å²) in [5, 5.41) is 6.64.